The molecule has 0 fully saturated rings. The molecule has 0 aliphatic rings. The summed E-state index contributed by atoms with van der Waals surface area (Å²) in [7, 11) is 0. The number of hydrogen-bond donors (Lipinski definition) is 1. The molecule has 0 aliphatic heterocycles. The number of rotatable bonds is 6. The van der Waals surface area contributed by atoms with Crippen LogP contribution in [0.1, 0.15) is 19.8 Å². The fourth-order valence-corrected chi connectivity index (χ4v) is 1.76. The zero-order chi connectivity index (χ0) is 11.3. The molecule has 0 N–H and O–H groups in total. The summed E-state index contributed by atoms with van der Waals surface area (Å²) in [5.41, 5.74) is 0. The van der Waals surface area contributed by atoms with Crippen LogP contribution in [0.5, 0.6) is 0 Å². The SMILES string of the molecule is CCCC(CS)Cn1ccc([N+](=O)[O-])n1. The minimum absolute atomic E-state index is 0.0931. The molecule has 6 heteroatoms. The average molecular weight is 229 g/mol. The van der Waals surface area contributed by atoms with E-state index in [9.17, 15) is 10.1 Å². The van der Waals surface area contributed by atoms with Gasteiger partial charge in [-0.15, -0.1) is 0 Å². The minimum atomic E-state index is -0.480. The van der Waals surface area contributed by atoms with Gasteiger partial charge in [-0.2, -0.15) is 17.3 Å². The van der Waals surface area contributed by atoms with E-state index in [0.29, 0.717) is 12.5 Å². The first kappa shape index (κ1) is 12.0. The number of hydrogen-bond acceptors (Lipinski definition) is 4. The first-order chi connectivity index (χ1) is 7.17. The Morgan fingerprint density at radius 2 is 2.47 bits per heavy atom. The molecule has 1 atom stereocenters. The largest absolute Gasteiger partial charge is 0.389 e. The molecule has 15 heavy (non-hydrogen) atoms. The lowest BCUT2D eigenvalue weighted by molar-refractivity contribution is -0.389. The van der Waals surface area contributed by atoms with Gasteiger partial charge in [0.05, 0.1) is 23.9 Å². The van der Waals surface area contributed by atoms with Crippen molar-refractivity contribution in [3.05, 3.63) is 22.4 Å². The summed E-state index contributed by atoms with van der Waals surface area (Å²) in [5.74, 6) is 1.11. The average Bonchev–Trinajstić information content (AvgIpc) is 2.65. The first-order valence-electron chi connectivity index (χ1n) is 4.96. The van der Waals surface area contributed by atoms with Gasteiger partial charge < -0.3 is 10.1 Å². The highest BCUT2D eigenvalue weighted by Gasteiger charge is 2.14. The maximum atomic E-state index is 10.4. The smallest absolute Gasteiger partial charge is 0.358 e. The summed E-state index contributed by atoms with van der Waals surface area (Å²) >= 11 is 4.25. The van der Waals surface area contributed by atoms with Gasteiger partial charge in [0.2, 0.25) is 0 Å². The Kier molecular flexibility index (Phi) is 4.61. The Hall–Kier alpha value is -1.04. The van der Waals surface area contributed by atoms with Crippen molar-refractivity contribution >= 4 is 18.4 Å². The topological polar surface area (TPSA) is 61.0 Å². The van der Waals surface area contributed by atoms with Crippen LogP contribution < -0.4 is 0 Å². The molecule has 0 saturated carbocycles. The van der Waals surface area contributed by atoms with E-state index in [1.54, 1.807) is 10.9 Å². The highest BCUT2D eigenvalue weighted by molar-refractivity contribution is 7.80. The Labute approximate surface area is 94.0 Å². The molecule has 1 rings (SSSR count). The van der Waals surface area contributed by atoms with Crippen LogP contribution >= 0.6 is 12.6 Å². The van der Waals surface area contributed by atoms with Gasteiger partial charge in [0.1, 0.15) is 0 Å². The van der Waals surface area contributed by atoms with Gasteiger partial charge >= 0.3 is 5.82 Å². The van der Waals surface area contributed by atoms with Crippen LogP contribution in [0.15, 0.2) is 12.3 Å². The number of nitrogens with zero attached hydrogens (tertiary/aromatic N) is 3. The molecule has 0 spiro atoms. The predicted octanol–water partition coefficient (Wildman–Crippen LogP) is 2.14. The summed E-state index contributed by atoms with van der Waals surface area (Å²) in [6, 6.07) is 1.42. The van der Waals surface area contributed by atoms with Crippen molar-refractivity contribution in [2.45, 2.75) is 26.3 Å². The Bertz CT molecular complexity index is 327. The van der Waals surface area contributed by atoms with Gasteiger partial charge in [-0.3, -0.25) is 0 Å². The summed E-state index contributed by atoms with van der Waals surface area (Å²) in [6.07, 6.45) is 3.80. The summed E-state index contributed by atoms with van der Waals surface area (Å²) in [5, 5.41) is 14.3. The lowest BCUT2D eigenvalue weighted by Crippen LogP contribution is -2.12. The Balaban J connectivity index is 2.59. The molecule has 1 aromatic heterocycles. The molecule has 5 nitrogen and oxygen atoms in total. The van der Waals surface area contributed by atoms with Crippen LogP contribution in [0.3, 0.4) is 0 Å². The van der Waals surface area contributed by atoms with E-state index in [1.165, 1.54) is 6.07 Å². The highest BCUT2D eigenvalue weighted by Crippen LogP contribution is 2.13. The second kappa shape index (κ2) is 5.75. The van der Waals surface area contributed by atoms with E-state index < -0.39 is 4.92 Å². The lowest BCUT2D eigenvalue weighted by Gasteiger charge is -2.10. The van der Waals surface area contributed by atoms with Gasteiger partial charge in [0.25, 0.3) is 0 Å². The minimum Gasteiger partial charge on any atom is -0.358 e. The van der Waals surface area contributed by atoms with Crippen molar-refractivity contribution in [2.75, 3.05) is 5.75 Å². The van der Waals surface area contributed by atoms with Gasteiger partial charge in [0, 0.05) is 0 Å². The van der Waals surface area contributed by atoms with Crippen LogP contribution in [-0.2, 0) is 6.54 Å². The van der Waals surface area contributed by atoms with Crippen LogP contribution in [0.4, 0.5) is 5.82 Å². The molecule has 0 bridgehead atoms. The van der Waals surface area contributed by atoms with Crippen molar-refractivity contribution in [3.8, 4) is 0 Å². The van der Waals surface area contributed by atoms with Gasteiger partial charge in [-0.1, -0.05) is 13.3 Å². The Morgan fingerprint density at radius 1 is 1.73 bits per heavy atom. The fourth-order valence-electron chi connectivity index (χ4n) is 1.46. The summed E-state index contributed by atoms with van der Waals surface area (Å²) < 4.78 is 1.62. The van der Waals surface area contributed by atoms with Crippen LogP contribution in [0.25, 0.3) is 0 Å². The van der Waals surface area contributed by atoms with E-state index in [1.807, 2.05) is 0 Å². The van der Waals surface area contributed by atoms with Crippen molar-refractivity contribution < 1.29 is 4.92 Å². The van der Waals surface area contributed by atoms with Crippen LogP contribution in [0, 0.1) is 16.0 Å². The third kappa shape index (κ3) is 3.54. The maximum absolute atomic E-state index is 10.4. The summed E-state index contributed by atoms with van der Waals surface area (Å²) in [4.78, 5) is 9.93. The molecule has 84 valence electrons. The molecule has 0 aliphatic carbocycles. The van der Waals surface area contributed by atoms with E-state index >= 15 is 0 Å². The van der Waals surface area contributed by atoms with Crippen LogP contribution in [-0.4, -0.2) is 20.5 Å². The predicted molar refractivity (Wildman–Crippen MR) is 61.1 cm³/mol. The lowest BCUT2D eigenvalue weighted by atomic mass is 10.1. The normalized spacial score (nSPS) is 12.7. The molecule has 0 amide bonds. The second-order valence-corrected chi connectivity index (χ2v) is 3.86. The molecule has 1 heterocycles. The first-order valence-corrected chi connectivity index (χ1v) is 5.59. The highest BCUT2D eigenvalue weighted by atomic mass is 32.1. The summed E-state index contributed by atoms with van der Waals surface area (Å²) in [6.45, 7) is 2.81. The van der Waals surface area contributed by atoms with E-state index in [-0.39, 0.29) is 5.82 Å². The Morgan fingerprint density at radius 3 is 2.93 bits per heavy atom. The monoisotopic (exact) mass is 229 g/mol. The molecule has 0 radical (unpaired) electrons. The van der Waals surface area contributed by atoms with E-state index in [0.717, 1.165) is 18.6 Å². The fraction of sp³-hybridized carbons (Fsp3) is 0.667. The van der Waals surface area contributed by atoms with Gasteiger partial charge in [-0.25, -0.2) is 0 Å². The molecular formula is C9H15N3O2S. The van der Waals surface area contributed by atoms with Gasteiger partial charge in [0.15, 0.2) is 0 Å². The standard InChI is InChI=1S/C9H15N3O2S/c1-2-3-8(7-15)6-11-5-4-9(10-11)12(13)14/h4-5,8,15H,2-3,6-7H2,1H3. The second-order valence-electron chi connectivity index (χ2n) is 3.49. The van der Waals surface area contributed by atoms with E-state index in [2.05, 4.69) is 24.7 Å². The third-order valence-corrected chi connectivity index (χ3v) is 2.73. The van der Waals surface area contributed by atoms with Crippen molar-refractivity contribution in [1.82, 2.24) is 9.78 Å². The number of nitro groups is 1. The maximum Gasteiger partial charge on any atom is 0.389 e. The third-order valence-electron chi connectivity index (χ3n) is 2.21. The van der Waals surface area contributed by atoms with Crippen molar-refractivity contribution in [1.29, 1.82) is 0 Å². The van der Waals surface area contributed by atoms with Crippen molar-refractivity contribution in [3.63, 3.8) is 0 Å². The van der Waals surface area contributed by atoms with E-state index in [4.69, 9.17) is 0 Å². The van der Waals surface area contributed by atoms with Crippen molar-refractivity contribution in [2.24, 2.45) is 5.92 Å². The van der Waals surface area contributed by atoms with Crippen LogP contribution in [0.2, 0.25) is 0 Å². The zero-order valence-electron chi connectivity index (χ0n) is 8.67. The molecule has 0 saturated heterocycles. The molecular weight excluding hydrogens is 214 g/mol. The van der Waals surface area contributed by atoms with Gasteiger partial charge in [-0.05, 0) is 23.0 Å². The molecule has 1 unspecified atom stereocenters. The molecule has 1 aromatic rings. The quantitative estimate of drug-likeness (QED) is 0.462. The zero-order valence-corrected chi connectivity index (χ0v) is 9.56. The number of aromatic nitrogens is 2. The number of thiol groups is 1. The molecule has 0 aromatic carbocycles.